The minimum absolute atomic E-state index is 0.0165. The van der Waals surface area contributed by atoms with E-state index in [-0.39, 0.29) is 23.1 Å². The SMILES string of the molecule is O=C(Nc1ccc(NC(=O)C2CCCC2)c(C(F)(F)F)c1)c1ccco1. The third-order valence-electron chi connectivity index (χ3n) is 4.31. The quantitative estimate of drug-likeness (QED) is 0.825. The minimum atomic E-state index is -4.68. The summed E-state index contributed by atoms with van der Waals surface area (Å²) < 4.78 is 45.1. The van der Waals surface area contributed by atoms with Crippen molar-refractivity contribution in [2.45, 2.75) is 31.9 Å². The Morgan fingerprint density at radius 1 is 1.08 bits per heavy atom. The summed E-state index contributed by atoms with van der Waals surface area (Å²) in [5, 5.41) is 4.72. The summed E-state index contributed by atoms with van der Waals surface area (Å²) >= 11 is 0. The van der Waals surface area contributed by atoms with E-state index in [0.717, 1.165) is 25.0 Å². The molecule has 2 N–H and O–H groups in total. The first kappa shape index (κ1) is 18.0. The molecule has 0 unspecified atom stereocenters. The second kappa shape index (κ2) is 7.23. The van der Waals surface area contributed by atoms with Gasteiger partial charge in [-0.25, -0.2) is 0 Å². The Morgan fingerprint density at radius 3 is 2.42 bits per heavy atom. The van der Waals surface area contributed by atoms with Crippen molar-refractivity contribution in [2.75, 3.05) is 10.6 Å². The fraction of sp³-hybridized carbons (Fsp3) is 0.333. The van der Waals surface area contributed by atoms with Gasteiger partial charge in [0.2, 0.25) is 5.91 Å². The van der Waals surface area contributed by atoms with Gasteiger partial charge in [0.15, 0.2) is 5.76 Å². The Morgan fingerprint density at radius 2 is 1.81 bits per heavy atom. The van der Waals surface area contributed by atoms with E-state index >= 15 is 0 Å². The van der Waals surface area contributed by atoms with Crippen LogP contribution in [0.2, 0.25) is 0 Å². The number of rotatable bonds is 4. The number of hydrogen-bond acceptors (Lipinski definition) is 3. The van der Waals surface area contributed by atoms with Gasteiger partial charge in [-0.05, 0) is 43.2 Å². The number of amides is 2. The average Bonchev–Trinajstić information content (AvgIpc) is 3.29. The smallest absolute Gasteiger partial charge is 0.418 e. The molecule has 5 nitrogen and oxygen atoms in total. The van der Waals surface area contributed by atoms with Crippen molar-refractivity contribution < 1.29 is 27.2 Å². The molecule has 26 heavy (non-hydrogen) atoms. The Labute approximate surface area is 147 Å². The first-order valence-electron chi connectivity index (χ1n) is 8.21. The van der Waals surface area contributed by atoms with Crippen LogP contribution >= 0.6 is 0 Å². The maximum Gasteiger partial charge on any atom is 0.418 e. The van der Waals surface area contributed by atoms with Gasteiger partial charge < -0.3 is 15.1 Å². The molecule has 1 aromatic carbocycles. The summed E-state index contributed by atoms with van der Waals surface area (Å²) in [7, 11) is 0. The van der Waals surface area contributed by atoms with Crippen LogP contribution in [0.5, 0.6) is 0 Å². The third-order valence-corrected chi connectivity index (χ3v) is 4.31. The van der Waals surface area contributed by atoms with E-state index in [2.05, 4.69) is 10.6 Å². The Balaban J connectivity index is 1.81. The van der Waals surface area contributed by atoms with Gasteiger partial charge in [-0.15, -0.1) is 0 Å². The standard InChI is InChI=1S/C18H17F3N2O3/c19-18(20,21)13-10-12(22-17(25)15-6-3-9-26-15)7-8-14(13)23-16(24)11-4-1-2-5-11/h3,6-11H,1-2,4-5H2,(H,22,25)(H,23,24). The van der Waals surface area contributed by atoms with Gasteiger partial charge in [-0.2, -0.15) is 13.2 Å². The number of anilines is 2. The van der Waals surface area contributed by atoms with Crippen LogP contribution in [0.1, 0.15) is 41.8 Å². The maximum atomic E-state index is 13.4. The van der Waals surface area contributed by atoms with Crippen LogP contribution in [0.15, 0.2) is 41.0 Å². The predicted octanol–water partition coefficient (Wildman–Crippen LogP) is 4.68. The average molecular weight is 366 g/mol. The van der Waals surface area contributed by atoms with Gasteiger partial charge in [0.05, 0.1) is 17.5 Å². The second-order valence-electron chi connectivity index (χ2n) is 6.16. The lowest BCUT2D eigenvalue weighted by atomic mass is 10.1. The summed E-state index contributed by atoms with van der Waals surface area (Å²) in [6.45, 7) is 0. The number of hydrogen-bond donors (Lipinski definition) is 2. The van der Waals surface area contributed by atoms with Crippen LogP contribution < -0.4 is 10.6 Å². The molecule has 0 bridgehead atoms. The first-order valence-corrected chi connectivity index (χ1v) is 8.21. The number of carbonyl (C=O) groups is 2. The molecule has 0 atom stereocenters. The zero-order valence-corrected chi connectivity index (χ0v) is 13.7. The van der Waals surface area contributed by atoms with E-state index in [0.29, 0.717) is 12.8 Å². The fourth-order valence-electron chi connectivity index (χ4n) is 2.99. The number of furan rings is 1. The lowest BCUT2D eigenvalue weighted by Crippen LogP contribution is -2.22. The largest absolute Gasteiger partial charge is 0.459 e. The van der Waals surface area contributed by atoms with Crippen LogP contribution in [0.25, 0.3) is 0 Å². The normalized spacial score (nSPS) is 15.0. The molecule has 3 rings (SSSR count). The lowest BCUT2D eigenvalue weighted by molar-refractivity contribution is -0.137. The molecule has 1 aromatic heterocycles. The van der Waals surface area contributed by atoms with E-state index in [1.807, 2.05) is 0 Å². The molecule has 1 aliphatic rings. The number of carbonyl (C=O) groups excluding carboxylic acids is 2. The molecule has 0 saturated heterocycles. The van der Waals surface area contributed by atoms with Crippen LogP contribution in [0.3, 0.4) is 0 Å². The summed E-state index contributed by atoms with van der Waals surface area (Å²) in [6.07, 6.45) is -0.208. The van der Waals surface area contributed by atoms with Gasteiger partial charge in [0.25, 0.3) is 5.91 Å². The molecule has 138 valence electrons. The van der Waals surface area contributed by atoms with Crippen molar-refractivity contribution in [1.29, 1.82) is 0 Å². The maximum absolute atomic E-state index is 13.4. The van der Waals surface area contributed by atoms with E-state index in [9.17, 15) is 22.8 Å². The highest BCUT2D eigenvalue weighted by Gasteiger charge is 2.35. The van der Waals surface area contributed by atoms with Gasteiger partial charge >= 0.3 is 6.18 Å². The van der Waals surface area contributed by atoms with Crippen molar-refractivity contribution in [1.82, 2.24) is 0 Å². The van der Waals surface area contributed by atoms with Crippen molar-refractivity contribution in [3.63, 3.8) is 0 Å². The Bertz CT molecular complexity index is 795. The number of alkyl halides is 3. The second-order valence-corrected chi connectivity index (χ2v) is 6.16. The summed E-state index contributed by atoms with van der Waals surface area (Å²) in [6, 6.07) is 6.15. The predicted molar refractivity (Wildman–Crippen MR) is 88.7 cm³/mol. The number of nitrogens with one attached hydrogen (secondary N) is 2. The molecule has 0 spiro atoms. The van der Waals surface area contributed by atoms with E-state index in [4.69, 9.17) is 4.42 Å². The van der Waals surface area contributed by atoms with Gasteiger partial charge in [0, 0.05) is 11.6 Å². The summed E-state index contributed by atoms with van der Waals surface area (Å²) in [5.74, 6) is -1.34. The van der Waals surface area contributed by atoms with Crippen molar-refractivity contribution in [3.05, 3.63) is 47.9 Å². The monoisotopic (exact) mass is 366 g/mol. The molecule has 1 fully saturated rings. The van der Waals surface area contributed by atoms with Gasteiger partial charge in [-0.1, -0.05) is 12.8 Å². The molecule has 2 aromatic rings. The fourth-order valence-corrected chi connectivity index (χ4v) is 2.99. The molecule has 0 radical (unpaired) electrons. The van der Waals surface area contributed by atoms with E-state index in [1.54, 1.807) is 0 Å². The zero-order valence-electron chi connectivity index (χ0n) is 13.7. The summed E-state index contributed by atoms with van der Waals surface area (Å²) in [5.41, 5.74) is -1.37. The minimum Gasteiger partial charge on any atom is -0.459 e. The van der Waals surface area contributed by atoms with Crippen LogP contribution in [-0.4, -0.2) is 11.8 Å². The molecule has 1 saturated carbocycles. The molecular weight excluding hydrogens is 349 g/mol. The van der Waals surface area contributed by atoms with E-state index in [1.165, 1.54) is 24.5 Å². The molecule has 1 aliphatic carbocycles. The third kappa shape index (κ3) is 4.07. The molecular formula is C18H17F3N2O3. The first-order chi connectivity index (χ1) is 12.3. The zero-order chi connectivity index (χ0) is 18.7. The topological polar surface area (TPSA) is 71.3 Å². The molecule has 0 aliphatic heterocycles. The lowest BCUT2D eigenvalue weighted by Gasteiger charge is -2.17. The van der Waals surface area contributed by atoms with Gasteiger partial charge in [-0.3, -0.25) is 9.59 Å². The highest BCUT2D eigenvalue weighted by molar-refractivity contribution is 6.02. The number of halogens is 3. The summed E-state index contributed by atoms with van der Waals surface area (Å²) in [4.78, 5) is 24.1. The Kier molecular flexibility index (Phi) is 5.01. The van der Waals surface area contributed by atoms with Crippen molar-refractivity contribution >= 4 is 23.2 Å². The molecule has 2 amide bonds. The van der Waals surface area contributed by atoms with Gasteiger partial charge in [0.1, 0.15) is 0 Å². The number of benzene rings is 1. The van der Waals surface area contributed by atoms with Crippen LogP contribution in [0.4, 0.5) is 24.5 Å². The molecule has 8 heteroatoms. The highest BCUT2D eigenvalue weighted by Crippen LogP contribution is 2.37. The van der Waals surface area contributed by atoms with Crippen molar-refractivity contribution in [2.24, 2.45) is 5.92 Å². The van der Waals surface area contributed by atoms with Crippen LogP contribution in [0, 0.1) is 5.92 Å². The highest BCUT2D eigenvalue weighted by atomic mass is 19.4. The van der Waals surface area contributed by atoms with Crippen molar-refractivity contribution in [3.8, 4) is 0 Å². The van der Waals surface area contributed by atoms with Crippen LogP contribution in [-0.2, 0) is 11.0 Å². The van der Waals surface area contributed by atoms with E-state index < -0.39 is 23.6 Å². The molecule has 1 heterocycles. The Hall–Kier alpha value is -2.77.